The Labute approximate surface area is 107 Å². The quantitative estimate of drug-likeness (QED) is 0.880. The van der Waals surface area contributed by atoms with Crippen LogP contribution in [0.4, 0.5) is 5.69 Å². The Morgan fingerprint density at radius 2 is 2.39 bits per heavy atom. The Balaban J connectivity index is 2.02. The van der Waals surface area contributed by atoms with Gasteiger partial charge < -0.3 is 10.4 Å². The van der Waals surface area contributed by atoms with Gasteiger partial charge in [0.05, 0.1) is 23.9 Å². The van der Waals surface area contributed by atoms with Crippen LogP contribution in [-0.4, -0.2) is 16.1 Å². The number of carboxylic acids is 1. The van der Waals surface area contributed by atoms with E-state index >= 15 is 0 Å². The second kappa shape index (κ2) is 5.29. The minimum absolute atomic E-state index is 0.0811. The number of nitriles is 1. The van der Waals surface area contributed by atoms with Crippen LogP contribution in [0.5, 0.6) is 0 Å². The van der Waals surface area contributed by atoms with Crippen LogP contribution in [0.25, 0.3) is 0 Å². The van der Waals surface area contributed by atoms with Crippen LogP contribution in [0.2, 0.25) is 0 Å². The molecule has 0 radical (unpaired) electrons. The van der Waals surface area contributed by atoms with Crippen LogP contribution in [0, 0.1) is 11.3 Å². The molecule has 2 N–H and O–H groups in total. The summed E-state index contributed by atoms with van der Waals surface area (Å²) in [5.74, 6) is -1.02. The third-order valence-electron chi connectivity index (χ3n) is 2.20. The summed E-state index contributed by atoms with van der Waals surface area (Å²) in [6.07, 6.45) is 0. The summed E-state index contributed by atoms with van der Waals surface area (Å²) >= 11 is 1.10. The molecule has 0 saturated heterocycles. The van der Waals surface area contributed by atoms with Gasteiger partial charge in [-0.15, -0.1) is 11.3 Å². The number of anilines is 1. The van der Waals surface area contributed by atoms with E-state index in [0.29, 0.717) is 17.8 Å². The van der Waals surface area contributed by atoms with Gasteiger partial charge in [0.2, 0.25) is 5.01 Å². The van der Waals surface area contributed by atoms with Gasteiger partial charge in [-0.2, -0.15) is 5.26 Å². The molecule has 5 nitrogen and oxygen atoms in total. The smallest absolute Gasteiger partial charge is 0.365 e. The summed E-state index contributed by atoms with van der Waals surface area (Å²) in [5, 5.41) is 22.4. The maximum Gasteiger partial charge on any atom is 0.365 e. The normalized spacial score (nSPS) is 9.72. The first kappa shape index (κ1) is 12.1. The van der Waals surface area contributed by atoms with Crippen molar-refractivity contribution >= 4 is 23.0 Å². The van der Waals surface area contributed by atoms with Crippen LogP contribution in [-0.2, 0) is 6.54 Å². The van der Waals surface area contributed by atoms with Crippen LogP contribution in [0.3, 0.4) is 0 Å². The number of nitrogens with one attached hydrogen (secondary N) is 1. The molecule has 1 aromatic carbocycles. The molecule has 1 heterocycles. The molecule has 0 atom stereocenters. The molecule has 0 bridgehead atoms. The average molecular weight is 259 g/mol. The molecule has 0 aliphatic carbocycles. The highest BCUT2D eigenvalue weighted by molar-refractivity contribution is 7.11. The van der Waals surface area contributed by atoms with Crippen molar-refractivity contribution in [3.63, 3.8) is 0 Å². The lowest BCUT2D eigenvalue weighted by Gasteiger charge is -2.03. The first-order valence-corrected chi connectivity index (χ1v) is 5.99. The van der Waals surface area contributed by atoms with Gasteiger partial charge in [-0.05, 0) is 18.2 Å². The highest BCUT2D eigenvalue weighted by Crippen LogP contribution is 2.13. The Kier molecular flexibility index (Phi) is 3.55. The standard InChI is InChI=1S/C12H9N3O2S/c13-5-8-2-1-3-9(4-8)14-6-10-7-18-11(15-10)12(16)17/h1-4,7,14H,6H2,(H,16,17). The number of rotatable bonds is 4. The summed E-state index contributed by atoms with van der Waals surface area (Å²) < 4.78 is 0. The summed E-state index contributed by atoms with van der Waals surface area (Å²) in [4.78, 5) is 14.6. The van der Waals surface area contributed by atoms with Gasteiger partial charge in [-0.3, -0.25) is 0 Å². The maximum atomic E-state index is 10.7. The van der Waals surface area contributed by atoms with E-state index in [1.807, 2.05) is 6.07 Å². The number of carboxylic acid groups (broad SMARTS) is 1. The van der Waals surface area contributed by atoms with Crippen LogP contribution < -0.4 is 5.32 Å². The topological polar surface area (TPSA) is 86.0 Å². The Morgan fingerprint density at radius 3 is 3.06 bits per heavy atom. The number of nitrogens with zero attached hydrogens (tertiary/aromatic N) is 2. The molecule has 0 saturated carbocycles. The number of carbonyl (C=O) groups is 1. The third-order valence-corrected chi connectivity index (χ3v) is 3.08. The summed E-state index contributed by atoms with van der Waals surface area (Å²) in [6.45, 7) is 0.429. The van der Waals surface area contributed by atoms with Gasteiger partial charge in [0.25, 0.3) is 0 Å². The molecule has 1 aromatic heterocycles. The number of aromatic nitrogens is 1. The predicted octanol–water partition coefficient (Wildman–Crippen LogP) is 2.33. The average Bonchev–Trinajstić information content (AvgIpc) is 2.85. The van der Waals surface area contributed by atoms with Crippen LogP contribution in [0.1, 0.15) is 21.1 Å². The van der Waals surface area contributed by atoms with Gasteiger partial charge in [0, 0.05) is 11.1 Å². The van der Waals surface area contributed by atoms with Gasteiger partial charge in [-0.25, -0.2) is 9.78 Å². The monoisotopic (exact) mass is 259 g/mol. The molecular weight excluding hydrogens is 250 g/mol. The van der Waals surface area contributed by atoms with Crippen molar-refractivity contribution < 1.29 is 9.90 Å². The molecular formula is C12H9N3O2S. The van der Waals surface area contributed by atoms with Crippen molar-refractivity contribution in [2.24, 2.45) is 0 Å². The Bertz CT molecular complexity index is 616. The number of aromatic carboxylic acids is 1. The molecule has 18 heavy (non-hydrogen) atoms. The van der Waals surface area contributed by atoms with Crippen LogP contribution >= 0.6 is 11.3 Å². The molecule has 0 unspecified atom stereocenters. The SMILES string of the molecule is N#Cc1cccc(NCc2csc(C(=O)O)n2)c1. The molecule has 6 heteroatoms. The van der Waals surface area contributed by atoms with E-state index in [0.717, 1.165) is 17.0 Å². The zero-order valence-electron chi connectivity index (χ0n) is 9.25. The van der Waals surface area contributed by atoms with Gasteiger partial charge >= 0.3 is 5.97 Å². The lowest BCUT2D eigenvalue weighted by atomic mass is 10.2. The number of thiazole rings is 1. The Morgan fingerprint density at radius 1 is 1.56 bits per heavy atom. The van der Waals surface area contributed by atoms with E-state index in [4.69, 9.17) is 10.4 Å². The third kappa shape index (κ3) is 2.84. The number of hydrogen-bond acceptors (Lipinski definition) is 5. The molecule has 2 rings (SSSR count). The summed E-state index contributed by atoms with van der Waals surface area (Å²) in [7, 11) is 0. The van der Waals surface area contributed by atoms with Crippen molar-refractivity contribution in [2.45, 2.75) is 6.54 Å². The number of hydrogen-bond donors (Lipinski definition) is 2. The van der Waals surface area contributed by atoms with E-state index in [2.05, 4.69) is 16.4 Å². The highest BCUT2D eigenvalue weighted by atomic mass is 32.1. The first-order valence-electron chi connectivity index (χ1n) is 5.11. The van der Waals surface area contributed by atoms with Crippen LogP contribution in [0.15, 0.2) is 29.6 Å². The van der Waals surface area contributed by atoms with Gasteiger partial charge in [0.15, 0.2) is 0 Å². The maximum absolute atomic E-state index is 10.7. The van der Waals surface area contributed by atoms with Gasteiger partial charge in [0.1, 0.15) is 0 Å². The first-order chi connectivity index (χ1) is 8.69. The fraction of sp³-hybridized carbons (Fsp3) is 0.0833. The zero-order valence-corrected chi connectivity index (χ0v) is 10.1. The zero-order chi connectivity index (χ0) is 13.0. The van der Waals surface area contributed by atoms with E-state index < -0.39 is 5.97 Å². The fourth-order valence-electron chi connectivity index (χ4n) is 1.38. The summed E-state index contributed by atoms with van der Waals surface area (Å²) in [5.41, 5.74) is 2.04. The summed E-state index contributed by atoms with van der Waals surface area (Å²) in [6, 6.07) is 9.12. The minimum Gasteiger partial charge on any atom is -0.476 e. The largest absolute Gasteiger partial charge is 0.476 e. The van der Waals surface area contributed by atoms with Gasteiger partial charge in [-0.1, -0.05) is 6.07 Å². The highest BCUT2D eigenvalue weighted by Gasteiger charge is 2.08. The number of benzene rings is 1. The second-order valence-corrected chi connectivity index (χ2v) is 4.35. The lowest BCUT2D eigenvalue weighted by Crippen LogP contribution is -2.01. The van der Waals surface area contributed by atoms with Crippen molar-refractivity contribution in [1.29, 1.82) is 5.26 Å². The molecule has 0 spiro atoms. The van der Waals surface area contributed by atoms with Crippen molar-refractivity contribution in [3.8, 4) is 6.07 Å². The van der Waals surface area contributed by atoms with Crippen molar-refractivity contribution in [1.82, 2.24) is 4.98 Å². The second-order valence-electron chi connectivity index (χ2n) is 3.50. The molecule has 0 aliphatic heterocycles. The Hall–Kier alpha value is -2.39. The molecule has 0 aliphatic rings. The molecule has 90 valence electrons. The van der Waals surface area contributed by atoms with E-state index in [1.54, 1.807) is 23.6 Å². The van der Waals surface area contributed by atoms with Crippen molar-refractivity contribution in [2.75, 3.05) is 5.32 Å². The van der Waals surface area contributed by atoms with E-state index in [1.165, 1.54) is 0 Å². The predicted molar refractivity (Wildman–Crippen MR) is 67.6 cm³/mol. The van der Waals surface area contributed by atoms with E-state index in [-0.39, 0.29) is 5.01 Å². The van der Waals surface area contributed by atoms with E-state index in [9.17, 15) is 4.79 Å². The van der Waals surface area contributed by atoms with Crippen molar-refractivity contribution in [3.05, 3.63) is 45.9 Å². The molecule has 0 amide bonds. The lowest BCUT2D eigenvalue weighted by molar-refractivity contribution is 0.0696. The fourth-order valence-corrected chi connectivity index (χ4v) is 2.03. The molecule has 0 fully saturated rings. The minimum atomic E-state index is -1.02. The molecule has 2 aromatic rings.